The monoisotopic (exact) mass is 262 g/mol. The van der Waals surface area contributed by atoms with E-state index >= 15 is 0 Å². The van der Waals surface area contributed by atoms with Crippen LogP contribution in [0.4, 0.5) is 5.69 Å². The molecule has 0 atom stereocenters. The number of hydrogen-bond donors (Lipinski definition) is 1. The summed E-state index contributed by atoms with van der Waals surface area (Å²) in [6.45, 7) is 4.25. The molecule has 0 bridgehead atoms. The lowest BCUT2D eigenvalue weighted by Crippen LogP contribution is -2.41. The Kier molecular flexibility index (Phi) is 4.23. The van der Waals surface area contributed by atoms with Crippen LogP contribution in [0, 0.1) is 13.8 Å². The zero-order valence-corrected chi connectivity index (χ0v) is 12.3. The molecule has 18 heavy (non-hydrogen) atoms. The summed E-state index contributed by atoms with van der Waals surface area (Å²) in [5, 5.41) is 4.31. The molecule has 1 saturated carbocycles. The minimum absolute atomic E-state index is 0.575. The van der Waals surface area contributed by atoms with E-state index in [4.69, 9.17) is 12.2 Å². The first-order valence-electron chi connectivity index (χ1n) is 6.69. The molecular formula is C15H22N2S. The highest BCUT2D eigenvalue weighted by atomic mass is 32.1. The quantitative estimate of drug-likeness (QED) is 0.821. The third-order valence-electron chi connectivity index (χ3n) is 3.58. The Balaban J connectivity index is 2.04. The smallest absolute Gasteiger partial charge is 0.173 e. The van der Waals surface area contributed by atoms with E-state index in [9.17, 15) is 0 Å². The van der Waals surface area contributed by atoms with Crippen molar-refractivity contribution in [3.8, 4) is 0 Å². The van der Waals surface area contributed by atoms with Gasteiger partial charge < -0.3 is 10.2 Å². The van der Waals surface area contributed by atoms with E-state index in [-0.39, 0.29) is 0 Å². The first-order valence-corrected chi connectivity index (χ1v) is 7.09. The van der Waals surface area contributed by atoms with Gasteiger partial charge >= 0.3 is 0 Å². The minimum atomic E-state index is 0.575. The van der Waals surface area contributed by atoms with Gasteiger partial charge in [-0.2, -0.15) is 0 Å². The van der Waals surface area contributed by atoms with Gasteiger partial charge in [-0.1, -0.05) is 18.9 Å². The Bertz CT molecular complexity index is 416. The molecule has 0 radical (unpaired) electrons. The number of thiocarbonyl (C=S) groups is 1. The summed E-state index contributed by atoms with van der Waals surface area (Å²) in [7, 11) is 2.04. The summed E-state index contributed by atoms with van der Waals surface area (Å²) in [6, 6.07) is 7.11. The Morgan fingerprint density at radius 3 is 2.28 bits per heavy atom. The van der Waals surface area contributed by atoms with E-state index in [1.54, 1.807) is 0 Å². The van der Waals surface area contributed by atoms with E-state index in [2.05, 4.69) is 42.3 Å². The molecule has 0 aliphatic heterocycles. The van der Waals surface area contributed by atoms with Gasteiger partial charge in [-0.3, -0.25) is 0 Å². The highest BCUT2D eigenvalue weighted by molar-refractivity contribution is 7.80. The maximum atomic E-state index is 5.50. The van der Waals surface area contributed by atoms with Crippen LogP contribution in [0.3, 0.4) is 0 Å². The lowest BCUT2D eigenvalue weighted by molar-refractivity contribution is 0.630. The SMILES string of the molecule is Cc1cc(C)cc(N(C)C(=S)NC2CCCC2)c1. The summed E-state index contributed by atoms with van der Waals surface area (Å²) >= 11 is 5.50. The van der Waals surface area contributed by atoms with Crippen LogP contribution < -0.4 is 10.2 Å². The molecule has 0 unspecified atom stereocenters. The first-order chi connectivity index (χ1) is 8.56. The molecule has 2 nitrogen and oxygen atoms in total. The van der Waals surface area contributed by atoms with Crippen molar-refractivity contribution in [1.29, 1.82) is 0 Å². The van der Waals surface area contributed by atoms with Crippen molar-refractivity contribution in [2.45, 2.75) is 45.6 Å². The number of nitrogens with one attached hydrogen (secondary N) is 1. The fourth-order valence-electron chi connectivity index (χ4n) is 2.60. The standard InChI is InChI=1S/C15H22N2S/c1-11-8-12(2)10-14(9-11)17(3)15(18)16-13-6-4-5-7-13/h8-10,13H,4-7H2,1-3H3,(H,16,18). The topological polar surface area (TPSA) is 15.3 Å². The Morgan fingerprint density at radius 1 is 1.17 bits per heavy atom. The number of anilines is 1. The average Bonchev–Trinajstić information content (AvgIpc) is 2.79. The van der Waals surface area contributed by atoms with Crippen molar-refractivity contribution < 1.29 is 0 Å². The molecule has 3 heteroatoms. The van der Waals surface area contributed by atoms with Gasteiger partial charge in [0.1, 0.15) is 0 Å². The van der Waals surface area contributed by atoms with Gasteiger partial charge in [0.05, 0.1) is 0 Å². The van der Waals surface area contributed by atoms with Crippen molar-refractivity contribution in [1.82, 2.24) is 5.32 Å². The van der Waals surface area contributed by atoms with Gasteiger partial charge in [-0.05, 0) is 62.2 Å². The molecule has 1 aromatic carbocycles. The van der Waals surface area contributed by atoms with Crippen LogP contribution in [0.15, 0.2) is 18.2 Å². The summed E-state index contributed by atoms with van der Waals surface area (Å²) in [5.41, 5.74) is 3.73. The average molecular weight is 262 g/mol. The van der Waals surface area contributed by atoms with Crippen molar-refractivity contribution >= 4 is 23.0 Å². The molecule has 1 aromatic rings. The van der Waals surface area contributed by atoms with E-state index in [1.165, 1.54) is 42.5 Å². The van der Waals surface area contributed by atoms with E-state index in [1.807, 2.05) is 7.05 Å². The molecule has 1 aliphatic carbocycles. The second-order valence-corrected chi connectivity index (χ2v) is 5.72. The maximum Gasteiger partial charge on any atom is 0.173 e. The van der Waals surface area contributed by atoms with Crippen molar-refractivity contribution in [2.24, 2.45) is 0 Å². The molecule has 0 spiro atoms. The van der Waals surface area contributed by atoms with Gasteiger partial charge in [-0.15, -0.1) is 0 Å². The summed E-state index contributed by atoms with van der Waals surface area (Å²) in [4.78, 5) is 2.08. The lowest BCUT2D eigenvalue weighted by Gasteiger charge is -2.24. The second kappa shape index (κ2) is 5.70. The molecule has 0 heterocycles. The number of nitrogens with zero attached hydrogens (tertiary/aromatic N) is 1. The van der Waals surface area contributed by atoms with Crippen LogP contribution >= 0.6 is 12.2 Å². The fraction of sp³-hybridized carbons (Fsp3) is 0.533. The van der Waals surface area contributed by atoms with E-state index in [0.717, 1.165) is 5.11 Å². The van der Waals surface area contributed by atoms with Gasteiger partial charge in [-0.25, -0.2) is 0 Å². The number of aryl methyl sites for hydroxylation is 2. The zero-order chi connectivity index (χ0) is 13.1. The van der Waals surface area contributed by atoms with Gasteiger partial charge in [0.25, 0.3) is 0 Å². The van der Waals surface area contributed by atoms with E-state index < -0.39 is 0 Å². The highest BCUT2D eigenvalue weighted by Gasteiger charge is 2.17. The molecule has 0 saturated heterocycles. The van der Waals surface area contributed by atoms with Gasteiger partial charge in [0.15, 0.2) is 5.11 Å². The molecular weight excluding hydrogens is 240 g/mol. The van der Waals surface area contributed by atoms with Crippen LogP contribution in [0.25, 0.3) is 0 Å². The normalized spacial score (nSPS) is 15.7. The maximum absolute atomic E-state index is 5.50. The van der Waals surface area contributed by atoms with Crippen molar-refractivity contribution in [2.75, 3.05) is 11.9 Å². The van der Waals surface area contributed by atoms with Crippen LogP contribution in [-0.4, -0.2) is 18.2 Å². The number of hydrogen-bond acceptors (Lipinski definition) is 1. The Labute approximate surface area is 115 Å². The largest absolute Gasteiger partial charge is 0.360 e. The van der Waals surface area contributed by atoms with Gasteiger partial charge in [0.2, 0.25) is 0 Å². The van der Waals surface area contributed by atoms with Crippen molar-refractivity contribution in [3.63, 3.8) is 0 Å². The second-order valence-electron chi connectivity index (χ2n) is 5.34. The zero-order valence-electron chi connectivity index (χ0n) is 11.5. The first kappa shape index (κ1) is 13.3. The predicted molar refractivity (Wildman–Crippen MR) is 82.3 cm³/mol. The lowest BCUT2D eigenvalue weighted by atomic mass is 10.1. The molecule has 1 N–H and O–H groups in total. The van der Waals surface area contributed by atoms with Crippen molar-refractivity contribution in [3.05, 3.63) is 29.3 Å². The molecule has 1 aliphatic rings. The highest BCUT2D eigenvalue weighted by Crippen LogP contribution is 2.20. The fourth-order valence-corrected chi connectivity index (χ4v) is 2.88. The third-order valence-corrected chi connectivity index (χ3v) is 3.97. The molecule has 98 valence electrons. The van der Waals surface area contributed by atoms with Crippen LogP contribution in [0.5, 0.6) is 0 Å². The Morgan fingerprint density at radius 2 is 1.72 bits per heavy atom. The molecule has 0 aromatic heterocycles. The number of rotatable bonds is 2. The predicted octanol–water partition coefficient (Wildman–Crippen LogP) is 3.56. The molecule has 2 rings (SSSR count). The van der Waals surface area contributed by atoms with Gasteiger partial charge in [0, 0.05) is 18.8 Å². The summed E-state index contributed by atoms with van der Waals surface area (Å²) in [6.07, 6.45) is 5.16. The Hall–Kier alpha value is -1.09. The third kappa shape index (κ3) is 3.22. The molecule has 0 amide bonds. The minimum Gasteiger partial charge on any atom is -0.360 e. The summed E-state index contributed by atoms with van der Waals surface area (Å²) in [5.74, 6) is 0. The van der Waals surface area contributed by atoms with Crippen LogP contribution in [0.1, 0.15) is 36.8 Å². The molecule has 1 fully saturated rings. The van der Waals surface area contributed by atoms with Crippen LogP contribution in [0.2, 0.25) is 0 Å². The van der Waals surface area contributed by atoms with E-state index in [0.29, 0.717) is 6.04 Å². The number of benzene rings is 1. The van der Waals surface area contributed by atoms with Crippen LogP contribution in [-0.2, 0) is 0 Å². The summed E-state index contributed by atoms with van der Waals surface area (Å²) < 4.78 is 0.